The normalized spacial score (nSPS) is 15.8. The van der Waals surface area contributed by atoms with Gasteiger partial charge in [-0.15, -0.1) is 0 Å². The Morgan fingerprint density at radius 1 is 0.964 bits per heavy atom. The molecule has 0 bridgehead atoms. The van der Waals surface area contributed by atoms with Crippen molar-refractivity contribution < 1.29 is 9.32 Å². The van der Waals surface area contributed by atoms with E-state index >= 15 is 0 Å². The number of nitrogens with one attached hydrogen (secondary N) is 1. The highest BCUT2D eigenvalue weighted by atomic mass is 16.3. The van der Waals surface area contributed by atoms with Crippen molar-refractivity contribution in [1.29, 1.82) is 0 Å². The van der Waals surface area contributed by atoms with E-state index in [9.17, 15) is 0 Å². The molecule has 0 atom stereocenters. The summed E-state index contributed by atoms with van der Waals surface area (Å²) in [5.41, 5.74) is 3.83. The number of hydrogen-bond acceptors (Lipinski definition) is 4. The van der Waals surface area contributed by atoms with Gasteiger partial charge in [0.05, 0.1) is 32.7 Å². The molecule has 0 aliphatic carbocycles. The van der Waals surface area contributed by atoms with Crippen LogP contribution >= 0.6 is 0 Å². The minimum absolute atomic E-state index is 0.802. The molecule has 5 heteroatoms. The molecule has 1 aliphatic heterocycles. The molecule has 0 radical (unpaired) electrons. The number of quaternary nitrogens is 1. The van der Waals surface area contributed by atoms with Crippen molar-refractivity contribution in [2.24, 2.45) is 0 Å². The van der Waals surface area contributed by atoms with Crippen LogP contribution in [0.15, 0.2) is 71.4 Å². The molecule has 0 amide bonds. The van der Waals surface area contributed by atoms with Gasteiger partial charge >= 0.3 is 0 Å². The largest absolute Gasteiger partial charge is 0.450 e. The van der Waals surface area contributed by atoms with Crippen LogP contribution < -0.4 is 9.80 Å². The van der Waals surface area contributed by atoms with E-state index in [2.05, 4.69) is 57.4 Å². The number of benzene rings is 2. The zero-order valence-corrected chi connectivity index (χ0v) is 15.7. The molecular weight excluding hydrogens is 348 g/mol. The van der Waals surface area contributed by atoms with E-state index in [0.29, 0.717) is 0 Å². The molecule has 140 valence electrons. The van der Waals surface area contributed by atoms with Gasteiger partial charge in [0.15, 0.2) is 11.4 Å². The second-order valence-corrected chi connectivity index (χ2v) is 7.23. The highest BCUT2D eigenvalue weighted by molar-refractivity contribution is 6.05. The Hall–Kier alpha value is -3.18. The van der Waals surface area contributed by atoms with E-state index in [1.54, 1.807) is 11.2 Å². The van der Waals surface area contributed by atoms with Crippen LogP contribution in [0.4, 0.5) is 5.82 Å². The molecule has 28 heavy (non-hydrogen) atoms. The van der Waals surface area contributed by atoms with Crippen LogP contribution in [-0.2, 0) is 0 Å². The van der Waals surface area contributed by atoms with Gasteiger partial charge in [0.1, 0.15) is 17.4 Å². The minimum Gasteiger partial charge on any atom is -0.450 e. The quantitative estimate of drug-likeness (QED) is 0.599. The fourth-order valence-electron chi connectivity index (χ4n) is 3.90. The second kappa shape index (κ2) is 7.44. The number of anilines is 1. The Kier molecular flexibility index (Phi) is 4.51. The highest BCUT2D eigenvalue weighted by Gasteiger charge is 2.24. The molecule has 2 aromatic heterocycles. The van der Waals surface area contributed by atoms with Gasteiger partial charge < -0.3 is 14.2 Å². The zero-order valence-electron chi connectivity index (χ0n) is 15.7. The van der Waals surface area contributed by atoms with Crippen LogP contribution in [0.5, 0.6) is 0 Å². The predicted molar refractivity (Wildman–Crippen MR) is 113 cm³/mol. The molecule has 0 spiro atoms. The third kappa shape index (κ3) is 3.25. The van der Waals surface area contributed by atoms with Crippen LogP contribution in [0.1, 0.15) is 5.56 Å². The molecule has 2 aromatic carbocycles. The average molecular weight is 371 g/mol. The van der Waals surface area contributed by atoms with Crippen LogP contribution in [0.3, 0.4) is 0 Å². The SMILES string of the molecule is C(=C\c1ccccc1)/C[NH+]1CCN(c2ncnc3c2oc2ccccc23)CC1. The lowest BCUT2D eigenvalue weighted by Gasteiger charge is -2.32. The number of para-hydroxylation sites is 1. The van der Waals surface area contributed by atoms with Crippen molar-refractivity contribution in [3.8, 4) is 0 Å². The van der Waals surface area contributed by atoms with Crippen LogP contribution in [0, 0.1) is 0 Å². The summed E-state index contributed by atoms with van der Waals surface area (Å²) in [6.07, 6.45) is 6.14. The highest BCUT2D eigenvalue weighted by Crippen LogP contribution is 2.31. The summed E-state index contributed by atoms with van der Waals surface area (Å²) in [5, 5.41) is 1.05. The van der Waals surface area contributed by atoms with Crippen molar-refractivity contribution in [2.75, 3.05) is 37.6 Å². The molecule has 0 unspecified atom stereocenters. The fraction of sp³-hybridized carbons (Fsp3) is 0.217. The molecule has 5 rings (SSSR count). The maximum Gasteiger partial charge on any atom is 0.196 e. The lowest BCUT2D eigenvalue weighted by Crippen LogP contribution is -3.14. The van der Waals surface area contributed by atoms with E-state index < -0.39 is 0 Å². The topological polar surface area (TPSA) is 46.6 Å². The molecule has 3 heterocycles. The van der Waals surface area contributed by atoms with Crippen LogP contribution in [0.2, 0.25) is 0 Å². The first-order valence-electron chi connectivity index (χ1n) is 9.81. The first-order chi connectivity index (χ1) is 13.9. The third-order valence-electron chi connectivity index (χ3n) is 5.43. The Labute approximate surface area is 163 Å². The Balaban J connectivity index is 1.29. The number of nitrogens with zero attached hydrogens (tertiary/aromatic N) is 3. The first kappa shape index (κ1) is 17.0. The van der Waals surface area contributed by atoms with Gasteiger partial charge in [-0.1, -0.05) is 48.5 Å². The van der Waals surface area contributed by atoms with Gasteiger partial charge in [-0.25, -0.2) is 9.97 Å². The lowest BCUT2D eigenvalue weighted by molar-refractivity contribution is -0.894. The number of fused-ring (bicyclic) bond motifs is 3. The number of rotatable bonds is 4. The summed E-state index contributed by atoms with van der Waals surface area (Å²) in [6, 6.07) is 18.5. The maximum absolute atomic E-state index is 6.09. The van der Waals surface area contributed by atoms with E-state index in [1.807, 2.05) is 24.3 Å². The Morgan fingerprint density at radius 3 is 2.61 bits per heavy atom. The molecule has 4 aromatic rings. The molecule has 1 N–H and O–H groups in total. The molecule has 1 fully saturated rings. The minimum atomic E-state index is 0.802. The van der Waals surface area contributed by atoms with Gasteiger partial charge in [-0.05, 0) is 23.8 Å². The van der Waals surface area contributed by atoms with Crippen molar-refractivity contribution in [3.63, 3.8) is 0 Å². The smallest absolute Gasteiger partial charge is 0.196 e. The van der Waals surface area contributed by atoms with Gasteiger partial charge in [0.25, 0.3) is 0 Å². The van der Waals surface area contributed by atoms with Crippen molar-refractivity contribution in [1.82, 2.24) is 9.97 Å². The van der Waals surface area contributed by atoms with Gasteiger partial charge in [0, 0.05) is 5.39 Å². The number of piperazine rings is 1. The first-order valence-corrected chi connectivity index (χ1v) is 9.81. The zero-order chi connectivity index (χ0) is 18.8. The molecule has 0 saturated carbocycles. The summed E-state index contributed by atoms with van der Waals surface area (Å²) < 4.78 is 6.09. The predicted octanol–water partition coefficient (Wildman–Crippen LogP) is 2.79. The van der Waals surface area contributed by atoms with Crippen molar-refractivity contribution >= 4 is 34.0 Å². The molecular formula is C23H23N4O+. The summed E-state index contributed by atoms with van der Waals surface area (Å²) in [7, 11) is 0. The summed E-state index contributed by atoms with van der Waals surface area (Å²) >= 11 is 0. The molecule has 5 nitrogen and oxygen atoms in total. The van der Waals surface area contributed by atoms with Crippen molar-refractivity contribution in [3.05, 3.63) is 72.6 Å². The Morgan fingerprint density at radius 2 is 1.75 bits per heavy atom. The number of hydrogen-bond donors (Lipinski definition) is 1. The van der Waals surface area contributed by atoms with Gasteiger partial charge in [-0.2, -0.15) is 0 Å². The standard InChI is InChI=1S/C23H22N4O/c1-2-7-18(8-3-1)9-6-12-26-13-15-27(16-14-26)23-22-21(24-17-25-23)19-10-4-5-11-20(19)28-22/h1-11,17H,12-16H2/p+1/b9-6+. The van der Waals surface area contributed by atoms with E-state index in [4.69, 9.17) is 4.42 Å². The fourth-order valence-corrected chi connectivity index (χ4v) is 3.90. The van der Waals surface area contributed by atoms with Gasteiger partial charge in [-0.3, -0.25) is 0 Å². The maximum atomic E-state index is 6.09. The average Bonchev–Trinajstić information content (AvgIpc) is 3.14. The Bertz CT molecular complexity index is 1110. The third-order valence-corrected chi connectivity index (χ3v) is 5.43. The second-order valence-electron chi connectivity index (χ2n) is 7.23. The van der Waals surface area contributed by atoms with E-state index in [1.165, 1.54) is 5.56 Å². The van der Waals surface area contributed by atoms with Gasteiger partial charge in [0.2, 0.25) is 0 Å². The summed E-state index contributed by atoms with van der Waals surface area (Å²) in [6.45, 7) is 5.16. The van der Waals surface area contributed by atoms with Crippen LogP contribution in [0.25, 0.3) is 28.1 Å². The number of furan rings is 1. The van der Waals surface area contributed by atoms with E-state index in [-0.39, 0.29) is 0 Å². The summed E-state index contributed by atoms with van der Waals surface area (Å²) in [5.74, 6) is 0.917. The molecule has 1 aliphatic rings. The van der Waals surface area contributed by atoms with Crippen LogP contribution in [-0.4, -0.2) is 42.7 Å². The lowest BCUT2D eigenvalue weighted by atomic mass is 10.2. The molecule has 1 saturated heterocycles. The monoisotopic (exact) mass is 371 g/mol. The number of aromatic nitrogens is 2. The van der Waals surface area contributed by atoms with E-state index in [0.717, 1.165) is 60.6 Å². The van der Waals surface area contributed by atoms with Crippen molar-refractivity contribution in [2.45, 2.75) is 0 Å². The summed E-state index contributed by atoms with van der Waals surface area (Å²) in [4.78, 5) is 12.9.